The van der Waals surface area contributed by atoms with E-state index in [-0.39, 0.29) is 29.3 Å². The molecule has 2 heterocycles. The molecule has 1 saturated carbocycles. The Labute approximate surface area is 198 Å². The average molecular weight is 480 g/mol. The van der Waals surface area contributed by atoms with Gasteiger partial charge < -0.3 is 19.6 Å². The number of carbonyl (C=O) groups excluding carboxylic acids is 1. The number of nitrogens with one attached hydrogen (secondary N) is 1. The van der Waals surface area contributed by atoms with Crippen molar-refractivity contribution in [1.82, 2.24) is 0 Å². The molecule has 5 nitrogen and oxygen atoms in total. The molecule has 4 aliphatic rings. The SMILES string of the molecule is C[C@H]1CCC=C2C[C@H]3OC(=O)[C@@H](C[NH+]4CCN(c5cccc(C(F)(F)F)c5)CC4)[C@H]3[C@@H](O)[C@@]21C. The molecule has 3 fully saturated rings. The second-order valence-corrected chi connectivity index (χ2v) is 10.8. The molecule has 6 atom stereocenters. The van der Waals surface area contributed by atoms with Crippen molar-refractivity contribution in [3.8, 4) is 0 Å². The number of quaternary nitrogens is 1. The van der Waals surface area contributed by atoms with Crippen LogP contribution >= 0.6 is 0 Å². The summed E-state index contributed by atoms with van der Waals surface area (Å²) >= 11 is 0. The van der Waals surface area contributed by atoms with Crippen LogP contribution in [-0.2, 0) is 15.7 Å². The lowest BCUT2D eigenvalue weighted by Crippen LogP contribution is -3.15. The van der Waals surface area contributed by atoms with E-state index in [0.29, 0.717) is 37.7 Å². The van der Waals surface area contributed by atoms with Crippen LogP contribution in [0.3, 0.4) is 0 Å². The summed E-state index contributed by atoms with van der Waals surface area (Å²) in [5, 5.41) is 11.5. The smallest absolute Gasteiger partial charge is 0.416 e. The number of benzene rings is 1. The van der Waals surface area contributed by atoms with Crippen LogP contribution in [0.1, 0.15) is 38.7 Å². The number of allylic oxidation sites excluding steroid dienone is 1. The average Bonchev–Trinajstić information content (AvgIpc) is 3.11. The van der Waals surface area contributed by atoms with Gasteiger partial charge in [-0.1, -0.05) is 31.6 Å². The Hall–Kier alpha value is -2.06. The Morgan fingerprint density at radius 1 is 1.26 bits per heavy atom. The molecule has 5 rings (SSSR count). The summed E-state index contributed by atoms with van der Waals surface area (Å²) in [7, 11) is 0. The fourth-order valence-electron chi connectivity index (χ4n) is 6.77. The lowest BCUT2D eigenvalue weighted by Gasteiger charge is -2.51. The van der Waals surface area contributed by atoms with Gasteiger partial charge in [0.15, 0.2) is 0 Å². The molecule has 34 heavy (non-hydrogen) atoms. The molecular formula is C26H34F3N2O3+. The number of hydrogen-bond donors (Lipinski definition) is 2. The van der Waals surface area contributed by atoms with Crippen molar-refractivity contribution in [1.29, 1.82) is 0 Å². The van der Waals surface area contributed by atoms with Gasteiger partial charge in [0.2, 0.25) is 0 Å². The number of hydrogen-bond acceptors (Lipinski definition) is 4. The Morgan fingerprint density at radius 2 is 2.00 bits per heavy atom. The number of nitrogens with zero attached hydrogens (tertiary/aromatic N) is 1. The minimum Gasteiger partial charge on any atom is -0.461 e. The van der Waals surface area contributed by atoms with Crippen LogP contribution in [-0.4, -0.2) is 56.0 Å². The van der Waals surface area contributed by atoms with Crippen molar-refractivity contribution in [2.75, 3.05) is 37.6 Å². The third kappa shape index (κ3) is 3.92. The van der Waals surface area contributed by atoms with Crippen LogP contribution in [0, 0.1) is 23.2 Å². The summed E-state index contributed by atoms with van der Waals surface area (Å²) in [6.45, 7) is 7.63. The van der Waals surface area contributed by atoms with Gasteiger partial charge >= 0.3 is 12.1 Å². The van der Waals surface area contributed by atoms with Crippen LogP contribution in [0.2, 0.25) is 0 Å². The fourth-order valence-corrected chi connectivity index (χ4v) is 6.77. The molecule has 8 heteroatoms. The number of ether oxygens (including phenoxy) is 1. The summed E-state index contributed by atoms with van der Waals surface area (Å²) in [5.41, 5.74) is 0.860. The predicted octanol–water partition coefficient (Wildman–Crippen LogP) is 2.70. The number of fused-ring (bicyclic) bond motifs is 2. The highest BCUT2D eigenvalue weighted by Crippen LogP contribution is 2.55. The molecule has 0 spiro atoms. The van der Waals surface area contributed by atoms with E-state index >= 15 is 0 Å². The summed E-state index contributed by atoms with van der Waals surface area (Å²) in [4.78, 5) is 16.1. The highest BCUT2D eigenvalue weighted by atomic mass is 19.4. The van der Waals surface area contributed by atoms with Gasteiger partial charge in [-0.05, 0) is 37.0 Å². The molecule has 2 aliphatic carbocycles. The van der Waals surface area contributed by atoms with E-state index in [9.17, 15) is 23.1 Å². The van der Waals surface area contributed by atoms with Gasteiger partial charge in [-0.25, -0.2) is 0 Å². The van der Waals surface area contributed by atoms with Crippen LogP contribution < -0.4 is 9.80 Å². The quantitative estimate of drug-likeness (QED) is 0.517. The number of rotatable bonds is 3. The normalized spacial score (nSPS) is 36.5. The fraction of sp³-hybridized carbons (Fsp3) is 0.654. The van der Waals surface area contributed by atoms with E-state index in [1.807, 2.05) is 4.90 Å². The van der Waals surface area contributed by atoms with Crippen molar-refractivity contribution >= 4 is 11.7 Å². The topological polar surface area (TPSA) is 54.2 Å². The van der Waals surface area contributed by atoms with Gasteiger partial charge in [-0.15, -0.1) is 0 Å². The first-order valence-corrected chi connectivity index (χ1v) is 12.4. The molecule has 2 aliphatic heterocycles. The third-order valence-corrected chi connectivity index (χ3v) is 9.09. The molecule has 2 N–H and O–H groups in total. The van der Waals surface area contributed by atoms with E-state index in [1.54, 1.807) is 6.07 Å². The van der Waals surface area contributed by atoms with Crippen molar-refractivity contribution in [3.05, 3.63) is 41.5 Å². The monoisotopic (exact) mass is 479 g/mol. The minimum absolute atomic E-state index is 0.204. The number of alkyl halides is 3. The number of halogens is 3. The maximum Gasteiger partial charge on any atom is 0.416 e. The lowest BCUT2D eigenvalue weighted by atomic mass is 9.55. The summed E-state index contributed by atoms with van der Waals surface area (Å²) in [6.07, 6.45) is -0.240. The van der Waals surface area contributed by atoms with Gasteiger partial charge in [-0.2, -0.15) is 13.2 Å². The molecule has 0 bridgehead atoms. The van der Waals surface area contributed by atoms with Crippen molar-refractivity contribution < 1.29 is 32.7 Å². The molecule has 0 unspecified atom stereocenters. The molecule has 0 amide bonds. The molecule has 2 saturated heterocycles. The number of esters is 1. The van der Waals surface area contributed by atoms with Crippen LogP contribution in [0.25, 0.3) is 0 Å². The predicted molar refractivity (Wildman–Crippen MR) is 121 cm³/mol. The van der Waals surface area contributed by atoms with Gasteiger partial charge in [0, 0.05) is 23.4 Å². The van der Waals surface area contributed by atoms with Crippen molar-refractivity contribution in [3.63, 3.8) is 0 Å². The van der Waals surface area contributed by atoms with Gasteiger partial charge in [0.05, 0.1) is 44.4 Å². The first-order chi connectivity index (χ1) is 16.1. The standard InChI is InChI=1S/C26H33F3N2O3/c1-16-5-3-6-17-14-21-22(23(32)25(16,17)2)20(24(33)34-21)15-30-9-11-31(12-10-30)19-8-4-7-18(13-19)26(27,28)29/h4,6-8,13,16,20-23,32H,3,5,9-12,14-15H2,1-2H3/p+1/t16-,20-,21+,22+,23+,25+/m0/s1. The van der Waals surface area contributed by atoms with Gasteiger partial charge in [-0.3, -0.25) is 4.79 Å². The van der Waals surface area contributed by atoms with Crippen LogP contribution in [0.4, 0.5) is 18.9 Å². The first kappa shape index (κ1) is 23.7. The molecule has 1 aromatic carbocycles. The summed E-state index contributed by atoms with van der Waals surface area (Å²) in [5.74, 6) is -0.410. The Morgan fingerprint density at radius 3 is 2.71 bits per heavy atom. The third-order valence-electron chi connectivity index (χ3n) is 9.09. The van der Waals surface area contributed by atoms with E-state index in [1.165, 1.54) is 22.6 Å². The number of aliphatic hydroxyl groups is 1. The number of anilines is 1. The maximum atomic E-state index is 13.1. The Balaban J connectivity index is 1.26. The van der Waals surface area contributed by atoms with E-state index in [2.05, 4.69) is 19.9 Å². The van der Waals surface area contributed by atoms with E-state index in [0.717, 1.165) is 32.0 Å². The molecule has 186 valence electrons. The second kappa shape index (κ2) is 8.55. The zero-order valence-electron chi connectivity index (χ0n) is 19.8. The number of piperazine rings is 1. The zero-order chi connectivity index (χ0) is 24.3. The van der Waals surface area contributed by atoms with Gasteiger partial charge in [0.25, 0.3) is 0 Å². The molecule has 1 aromatic rings. The lowest BCUT2D eigenvalue weighted by molar-refractivity contribution is -0.903. The van der Waals surface area contributed by atoms with Crippen LogP contribution in [0.15, 0.2) is 35.9 Å². The summed E-state index contributed by atoms with van der Waals surface area (Å²) in [6, 6.07) is 5.47. The molecular weight excluding hydrogens is 445 g/mol. The van der Waals surface area contributed by atoms with Crippen molar-refractivity contribution in [2.45, 2.75) is 51.5 Å². The Kier molecular flexibility index (Phi) is 5.96. The second-order valence-electron chi connectivity index (χ2n) is 10.8. The molecule has 0 aromatic heterocycles. The highest BCUT2D eigenvalue weighted by molar-refractivity contribution is 5.76. The minimum atomic E-state index is -4.36. The highest BCUT2D eigenvalue weighted by Gasteiger charge is 2.60. The number of aliphatic hydroxyl groups excluding tert-OH is 1. The van der Waals surface area contributed by atoms with Crippen LogP contribution in [0.5, 0.6) is 0 Å². The largest absolute Gasteiger partial charge is 0.461 e. The van der Waals surface area contributed by atoms with Gasteiger partial charge in [0.1, 0.15) is 12.0 Å². The number of carbonyl (C=O) groups is 1. The van der Waals surface area contributed by atoms with E-state index in [4.69, 9.17) is 4.74 Å². The molecule has 0 radical (unpaired) electrons. The van der Waals surface area contributed by atoms with Crippen molar-refractivity contribution in [2.24, 2.45) is 23.2 Å². The first-order valence-electron chi connectivity index (χ1n) is 12.4. The Bertz CT molecular complexity index is 972. The van der Waals surface area contributed by atoms with E-state index < -0.39 is 17.8 Å². The zero-order valence-corrected chi connectivity index (χ0v) is 19.8. The summed E-state index contributed by atoms with van der Waals surface area (Å²) < 4.78 is 45.1. The maximum absolute atomic E-state index is 13.1.